The van der Waals surface area contributed by atoms with Gasteiger partial charge in [0.05, 0.1) is 30.9 Å². The van der Waals surface area contributed by atoms with Gasteiger partial charge in [0.1, 0.15) is 5.60 Å². The van der Waals surface area contributed by atoms with E-state index in [1.165, 1.54) is 5.56 Å². The largest absolute Gasteiger partial charge is 0.376 e. The van der Waals surface area contributed by atoms with Gasteiger partial charge in [-0.25, -0.2) is 4.79 Å². The third-order valence-corrected chi connectivity index (χ3v) is 6.43. The molecule has 0 amide bonds. The summed E-state index contributed by atoms with van der Waals surface area (Å²) in [5.74, 6) is 0. The number of likely N-dealkylation sites (tertiary alicyclic amines) is 1. The van der Waals surface area contributed by atoms with Gasteiger partial charge in [-0.05, 0) is 30.5 Å². The zero-order valence-electron chi connectivity index (χ0n) is 17.3. The quantitative estimate of drug-likeness (QED) is 0.706. The summed E-state index contributed by atoms with van der Waals surface area (Å²) in [7, 11) is 0. The van der Waals surface area contributed by atoms with Crippen LogP contribution >= 0.6 is 0 Å². The number of fused-ring (bicyclic) bond motifs is 1. The molecule has 6 nitrogen and oxygen atoms in total. The number of H-pyrrole nitrogens is 1. The van der Waals surface area contributed by atoms with Gasteiger partial charge in [-0.2, -0.15) is 0 Å². The van der Waals surface area contributed by atoms with Crippen molar-refractivity contribution in [2.24, 2.45) is 0 Å². The van der Waals surface area contributed by atoms with Crippen LogP contribution in [0, 0.1) is 0 Å². The molecule has 0 bridgehead atoms. The zero-order valence-corrected chi connectivity index (χ0v) is 17.3. The minimum atomic E-state index is -0.302. The van der Waals surface area contributed by atoms with Crippen LogP contribution < -0.4 is 5.69 Å². The number of aromatic amines is 1. The Morgan fingerprint density at radius 1 is 1.00 bits per heavy atom. The van der Waals surface area contributed by atoms with E-state index in [0.29, 0.717) is 19.8 Å². The van der Waals surface area contributed by atoms with Crippen molar-refractivity contribution in [3.8, 4) is 0 Å². The summed E-state index contributed by atoms with van der Waals surface area (Å²) in [5, 5.41) is 0. The molecule has 0 spiro atoms. The molecule has 5 rings (SSSR count). The van der Waals surface area contributed by atoms with Gasteiger partial charge >= 0.3 is 5.69 Å². The van der Waals surface area contributed by atoms with Crippen molar-refractivity contribution in [3.63, 3.8) is 0 Å². The molecule has 158 valence electrons. The van der Waals surface area contributed by atoms with Crippen molar-refractivity contribution >= 4 is 11.0 Å². The van der Waals surface area contributed by atoms with E-state index < -0.39 is 0 Å². The van der Waals surface area contributed by atoms with Crippen LogP contribution in [0.1, 0.15) is 24.4 Å². The van der Waals surface area contributed by atoms with Crippen LogP contribution in [0.15, 0.2) is 59.4 Å². The lowest BCUT2D eigenvalue weighted by molar-refractivity contribution is -0.167. The minimum Gasteiger partial charge on any atom is -0.376 e. The molecule has 1 unspecified atom stereocenters. The van der Waals surface area contributed by atoms with E-state index in [4.69, 9.17) is 9.47 Å². The van der Waals surface area contributed by atoms with E-state index in [0.717, 1.165) is 49.9 Å². The molecular weight excluding hydrogens is 378 g/mol. The summed E-state index contributed by atoms with van der Waals surface area (Å²) in [6, 6.07) is 18.7. The molecule has 2 aliphatic rings. The van der Waals surface area contributed by atoms with E-state index in [1.807, 2.05) is 34.9 Å². The molecule has 1 atom stereocenters. The van der Waals surface area contributed by atoms with E-state index in [1.54, 1.807) is 0 Å². The molecule has 2 aromatic carbocycles. The molecule has 3 aromatic rings. The highest BCUT2D eigenvalue weighted by molar-refractivity contribution is 5.75. The minimum absolute atomic E-state index is 0.000730. The predicted molar refractivity (Wildman–Crippen MR) is 117 cm³/mol. The SMILES string of the molecule is O=c1[nH]c2ccccc2n1C1CCN(CC2(Cc3ccccc3)COCCO2)CC1. The third kappa shape index (κ3) is 3.95. The highest BCUT2D eigenvalue weighted by Crippen LogP contribution is 2.28. The summed E-state index contributed by atoms with van der Waals surface area (Å²) in [6.07, 6.45) is 2.78. The zero-order chi connectivity index (χ0) is 20.4. The summed E-state index contributed by atoms with van der Waals surface area (Å²) in [5.41, 5.74) is 2.90. The Hall–Kier alpha value is -2.41. The molecule has 30 heavy (non-hydrogen) atoms. The van der Waals surface area contributed by atoms with Gasteiger partial charge in [-0.1, -0.05) is 42.5 Å². The van der Waals surface area contributed by atoms with Crippen molar-refractivity contribution in [1.82, 2.24) is 14.5 Å². The van der Waals surface area contributed by atoms with Crippen LogP contribution in [0.2, 0.25) is 0 Å². The van der Waals surface area contributed by atoms with Gasteiger partial charge in [0, 0.05) is 32.1 Å². The van der Waals surface area contributed by atoms with E-state index in [9.17, 15) is 4.79 Å². The average molecular weight is 408 g/mol. The molecule has 6 heteroatoms. The van der Waals surface area contributed by atoms with Gasteiger partial charge in [0.15, 0.2) is 0 Å². The Kier molecular flexibility index (Phi) is 5.46. The smallest absolute Gasteiger partial charge is 0.326 e. The number of benzene rings is 2. The number of ether oxygens (including phenoxy) is 2. The molecule has 2 fully saturated rings. The summed E-state index contributed by atoms with van der Waals surface area (Å²) >= 11 is 0. The lowest BCUT2D eigenvalue weighted by atomic mass is 9.92. The van der Waals surface area contributed by atoms with Gasteiger partial charge in [-0.3, -0.25) is 4.57 Å². The first-order valence-electron chi connectivity index (χ1n) is 10.9. The Morgan fingerprint density at radius 3 is 2.53 bits per heavy atom. The van der Waals surface area contributed by atoms with Crippen LogP contribution in [0.5, 0.6) is 0 Å². The topological polar surface area (TPSA) is 59.5 Å². The number of imidazole rings is 1. The first-order chi connectivity index (χ1) is 14.7. The van der Waals surface area contributed by atoms with Crippen molar-refractivity contribution in [2.45, 2.75) is 30.9 Å². The van der Waals surface area contributed by atoms with E-state index >= 15 is 0 Å². The number of hydrogen-bond acceptors (Lipinski definition) is 4. The maximum atomic E-state index is 12.5. The average Bonchev–Trinajstić information content (AvgIpc) is 3.11. The van der Waals surface area contributed by atoms with Crippen LogP contribution in [0.25, 0.3) is 11.0 Å². The molecule has 2 saturated heterocycles. The van der Waals surface area contributed by atoms with Crippen molar-refractivity contribution in [2.75, 3.05) is 39.5 Å². The summed E-state index contributed by atoms with van der Waals surface area (Å²) in [4.78, 5) is 18.0. The number of rotatable bonds is 5. The van der Waals surface area contributed by atoms with Gasteiger partial charge in [0.25, 0.3) is 0 Å². The fraction of sp³-hybridized carbons (Fsp3) is 0.458. The molecular formula is C24H29N3O3. The molecule has 0 saturated carbocycles. The van der Waals surface area contributed by atoms with Crippen molar-refractivity contribution in [3.05, 3.63) is 70.6 Å². The van der Waals surface area contributed by atoms with Gasteiger partial charge in [-0.15, -0.1) is 0 Å². The van der Waals surface area contributed by atoms with Crippen LogP contribution in [0.3, 0.4) is 0 Å². The first-order valence-corrected chi connectivity index (χ1v) is 10.9. The first kappa shape index (κ1) is 19.5. The van der Waals surface area contributed by atoms with E-state index in [-0.39, 0.29) is 17.3 Å². The van der Waals surface area contributed by atoms with Crippen LogP contribution in [-0.4, -0.2) is 59.5 Å². The fourth-order valence-electron chi connectivity index (χ4n) is 5.01. The lowest BCUT2D eigenvalue weighted by Crippen LogP contribution is -2.54. The molecule has 0 aliphatic carbocycles. The predicted octanol–water partition coefficient (Wildman–Crippen LogP) is 2.99. The molecule has 0 radical (unpaired) electrons. The summed E-state index contributed by atoms with van der Waals surface area (Å²) < 4.78 is 14.1. The third-order valence-electron chi connectivity index (χ3n) is 6.43. The van der Waals surface area contributed by atoms with Crippen LogP contribution in [-0.2, 0) is 15.9 Å². The second-order valence-electron chi connectivity index (χ2n) is 8.57. The van der Waals surface area contributed by atoms with Crippen LogP contribution in [0.4, 0.5) is 0 Å². The van der Waals surface area contributed by atoms with Gasteiger partial charge < -0.3 is 19.4 Å². The Labute approximate surface area is 176 Å². The second-order valence-corrected chi connectivity index (χ2v) is 8.57. The Balaban J connectivity index is 1.28. The Morgan fingerprint density at radius 2 is 1.77 bits per heavy atom. The standard InChI is InChI=1S/C24H29N3O3/c28-23-25-21-8-4-5-9-22(21)27(23)20-10-12-26(13-11-20)17-24(18-29-14-15-30-24)16-19-6-2-1-3-7-19/h1-9,20H,10-18H2,(H,25,28). The molecule has 2 aliphatic heterocycles. The Bertz CT molecular complexity index is 1030. The lowest BCUT2D eigenvalue weighted by Gasteiger charge is -2.43. The number of hydrogen-bond donors (Lipinski definition) is 1. The second kappa shape index (κ2) is 8.38. The fourth-order valence-corrected chi connectivity index (χ4v) is 5.01. The number of nitrogens with zero attached hydrogens (tertiary/aromatic N) is 2. The highest BCUT2D eigenvalue weighted by Gasteiger charge is 2.37. The number of para-hydroxylation sites is 2. The number of piperidine rings is 1. The van der Waals surface area contributed by atoms with Crippen molar-refractivity contribution < 1.29 is 9.47 Å². The summed E-state index contributed by atoms with van der Waals surface area (Å²) in [6.45, 7) is 4.71. The molecule has 1 aromatic heterocycles. The molecule has 3 heterocycles. The van der Waals surface area contributed by atoms with Crippen molar-refractivity contribution in [1.29, 1.82) is 0 Å². The monoisotopic (exact) mass is 407 g/mol. The highest BCUT2D eigenvalue weighted by atomic mass is 16.6. The molecule has 1 N–H and O–H groups in total. The number of aromatic nitrogens is 2. The maximum Gasteiger partial charge on any atom is 0.326 e. The van der Waals surface area contributed by atoms with E-state index in [2.05, 4.69) is 34.1 Å². The number of nitrogens with one attached hydrogen (secondary N) is 1. The normalized spacial score (nSPS) is 23.7. The van der Waals surface area contributed by atoms with Gasteiger partial charge in [0.2, 0.25) is 0 Å². The maximum absolute atomic E-state index is 12.5.